The number of fused-ring (bicyclic) bond motifs is 1. The summed E-state index contributed by atoms with van der Waals surface area (Å²) in [5.41, 5.74) is 3.17. The van der Waals surface area contributed by atoms with Gasteiger partial charge in [-0.15, -0.1) is 11.3 Å². The van der Waals surface area contributed by atoms with Gasteiger partial charge in [0.25, 0.3) is 11.5 Å². The van der Waals surface area contributed by atoms with Crippen LogP contribution in [0.1, 0.15) is 98.4 Å². The van der Waals surface area contributed by atoms with Crippen molar-refractivity contribution >= 4 is 28.2 Å². The molecule has 1 saturated carbocycles. The predicted molar refractivity (Wildman–Crippen MR) is 132 cm³/mol. The van der Waals surface area contributed by atoms with Crippen molar-refractivity contribution in [2.24, 2.45) is 5.92 Å². The Kier molecular flexibility index (Phi) is 8.12. The molecule has 7 heteroatoms. The van der Waals surface area contributed by atoms with E-state index in [9.17, 15) is 14.4 Å². The molecule has 2 aromatic heterocycles. The zero-order valence-corrected chi connectivity index (χ0v) is 20.5. The van der Waals surface area contributed by atoms with Gasteiger partial charge in [0, 0.05) is 24.0 Å². The van der Waals surface area contributed by atoms with E-state index < -0.39 is 0 Å². The fourth-order valence-electron chi connectivity index (χ4n) is 5.17. The Morgan fingerprint density at radius 2 is 1.82 bits per heavy atom. The Hall–Kier alpha value is -2.28. The average Bonchev–Trinajstić information content (AvgIpc) is 3.23. The number of carbonyl (C=O) groups excluding carboxylic acids is 2. The second-order valence-corrected chi connectivity index (χ2v) is 10.5. The van der Waals surface area contributed by atoms with Crippen LogP contribution < -0.4 is 10.9 Å². The van der Waals surface area contributed by atoms with Crippen molar-refractivity contribution in [3.8, 4) is 0 Å². The minimum absolute atomic E-state index is 0.118. The van der Waals surface area contributed by atoms with Gasteiger partial charge in [0.1, 0.15) is 11.3 Å². The lowest BCUT2D eigenvalue weighted by molar-refractivity contribution is -0.117. The molecule has 0 atom stereocenters. The van der Waals surface area contributed by atoms with Crippen LogP contribution in [0.4, 0.5) is 5.13 Å². The Bertz CT molecular complexity index is 1050. The minimum atomic E-state index is -0.380. The van der Waals surface area contributed by atoms with E-state index in [4.69, 9.17) is 0 Å². The zero-order chi connectivity index (χ0) is 23.2. The molecule has 0 bridgehead atoms. The zero-order valence-electron chi connectivity index (χ0n) is 19.7. The lowest BCUT2D eigenvalue weighted by Crippen LogP contribution is -2.35. The number of nitrogens with one attached hydrogen (secondary N) is 1. The van der Waals surface area contributed by atoms with Gasteiger partial charge < -0.3 is 9.36 Å². The molecule has 0 unspecified atom stereocenters. The van der Waals surface area contributed by atoms with Crippen molar-refractivity contribution in [3.05, 3.63) is 44.3 Å². The molecule has 4 rings (SSSR count). The summed E-state index contributed by atoms with van der Waals surface area (Å²) in [5.74, 6) is 0.259. The molecule has 2 aliphatic rings. The van der Waals surface area contributed by atoms with E-state index in [1.165, 1.54) is 56.3 Å². The Morgan fingerprint density at radius 3 is 2.58 bits per heavy atom. The van der Waals surface area contributed by atoms with Gasteiger partial charge in [-0.3, -0.25) is 14.9 Å². The Morgan fingerprint density at radius 1 is 1.09 bits per heavy atom. The lowest BCUT2D eigenvalue weighted by atomic mass is 9.88. The fourth-order valence-corrected chi connectivity index (χ4v) is 5.91. The summed E-state index contributed by atoms with van der Waals surface area (Å²) in [7, 11) is 0. The highest BCUT2D eigenvalue weighted by molar-refractivity contribution is 7.14. The molecule has 0 saturated heterocycles. The smallest absolute Gasteiger partial charge is 0.263 e. The van der Waals surface area contributed by atoms with E-state index >= 15 is 0 Å². The van der Waals surface area contributed by atoms with E-state index in [-0.39, 0.29) is 22.8 Å². The topological polar surface area (TPSA) is 81.1 Å². The first-order valence-corrected chi connectivity index (χ1v) is 13.4. The van der Waals surface area contributed by atoms with Crippen LogP contribution in [-0.2, 0) is 30.6 Å². The fraction of sp³-hybridized carbons (Fsp3) is 0.615. The predicted octanol–water partition coefficient (Wildman–Crippen LogP) is 5.32. The molecule has 33 heavy (non-hydrogen) atoms. The van der Waals surface area contributed by atoms with Crippen LogP contribution in [0.25, 0.3) is 0 Å². The molecule has 0 aromatic carbocycles. The largest absolute Gasteiger partial charge is 0.311 e. The van der Waals surface area contributed by atoms with Gasteiger partial charge in [0.15, 0.2) is 5.13 Å². The molecule has 0 radical (unpaired) electrons. The highest BCUT2D eigenvalue weighted by Crippen LogP contribution is 2.27. The number of carbonyl (C=O) groups is 2. The maximum Gasteiger partial charge on any atom is 0.263 e. The van der Waals surface area contributed by atoms with Crippen LogP contribution >= 0.6 is 11.3 Å². The number of thiazole rings is 1. The average molecular weight is 470 g/mol. The van der Waals surface area contributed by atoms with Gasteiger partial charge in [0.2, 0.25) is 0 Å². The number of ketones is 1. The van der Waals surface area contributed by atoms with E-state index in [1.807, 2.05) is 16.0 Å². The van der Waals surface area contributed by atoms with E-state index in [0.717, 1.165) is 49.2 Å². The highest BCUT2D eigenvalue weighted by atomic mass is 32.1. The van der Waals surface area contributed by atoms with Gasteiger partial charge >= 0.3 is 0 Å². The number of rotatable bonds is 7. The molecule has 0 spiro atoms. The van der Waals surface area contributed by atoms with E-state index in [1.54, 1.807) is 6.92 Å². The number of anilines is 1. The number of nitrogens with zero attached hydrogens (tertiary/aromatic N) is 2. The lowest BCUT2D eigenvalue weighted by Gasteiger charge is -2.26. The van der Waals surface area contributed by atoms with E-state index in [2.05, 4.69) is 10.3 Å². The minimum Gasteiger partial charge on any atom is -0.311 e. The van der Waals surface area contributed by atoms with Crippen LogP contribution in [0.2, 0.25) is 0 Å². The summed E-state index contributed by atoms with van der Waals surface area (Å²) in [6.45, 7) is 2.29. The number of hydrogen-bond acceptors (Lipinski definition) is 5. The van der Waals surface area contributed by atoms with Gasteiger partial charge in [-0.2, -0.15) is 0 Å². The molecule has 0 aliphatic heterocycles. The van der Waals surface area contributed by atoms with E-state index in [0.29, 0.717) is 23.9 Å². The monoisotopic (exact) mass is 469 g/mol. The summed E-state index contributed by atoms with van der Waals surface area (Å²) >= 11 is 1.33. The van der Waals surface area contributed by atoms with Crippen molar-refractivity contribution in [1.29, 1.82) is 0 Å². The van der Waals surface area contributed by atoms with Crippen LogP contribution in [0.15, 0.2) is 16.2 Å². The molecule has 1 amide bonds. The number of aromatic nitrogens is 2. The van der Waals surface area contributed by atoms with Crippen molar-refractivity contribution in [3.63, 3.8) is 0 Å². The number of pyridine rings is 1. The number of Topliss-reactive ketones (excluding diaryl/α,β-unsaturated/α-hetero) is 1. The molecule has 2 heterocycles. The van der Waals surface area contributed by atoms with Crippen molar-refractivity contribution in [1.82, 2.24) is 9.55 Å². The molecular weight excluding hydrogens is 434 g/mol. The maximum absolute atomic E-state index is 13.6. The SMILES string of the molecule is CC(=O)CCc1csc(NC(=O)c2cc3c(n(CC4CCCCC4)c2=O)CCCCCC3)n1. The normalized spacial score (nSPS) is 17.1. The van der Waals surface area contributed by atoms with Crippen molar-refractivity contribution < 1.29 is 9.59 Å². The van der Waals surface area contributed by atoms with Crippen LogP contribution in [-0.4, -0.2) is 21.2 Å². The van der Waals surface area contributed by atoms with Gasteiger partial charge in [-0.1, -0.05) is 32.1 Å². The second kappa shape index (κ2) is 11.2. The summed E-state index contributed by atoms with van der Waals surface area (Å²) in [5, 5.41) is 5.18. The molecule has 1 N–H and O–H groups in total. The number of amides is 1. The van der Waals surface area contributed by atoms with Crippen molar-refractivity contribution in [2.75, 3.05) is 5.32 Å². The summed E-state index contributed by atoms with van der Waals surface area (Å²) < 4.78 is 1.95. The molecule has 6 nitrogen and oxygen atoms in total. The summed E-state index contributed by atoms with van der Waals surface area (Å²) in [6, 6.07) is 1.85. The van der Waals surface area contributed by atoms with Gasteiger partial charge in [-0.05, 0) is 69.4 Å². The molecular formula is C26H35N3O3S. The Balaban J connectivity index is 1.60. The number of aryl methyl sites for hydroxylation is 2. The van der Waals surface area contributed by atoms with Gasteiger partial charge in [0.05, 0.1) is 5.69 Å². The van der Waals surface area contributed by atoms with Crippen LogP contribution in [0, 0.1) is 5.92 Å². The Labute approximate surface area is 199 Å². The van der Waals surface area contributed by atoms with Crippen LogP contribution in [0.5, 0.6) is 0 Å². The highest BCUT2D eigenvalue weighted by Gasteiger charge is 2.23. The quantitative estimate of drug-likeness (QED) is 0.595. The molecule has 178 valence electrons. The van der Waals surface area contributed by atoms with Gasteiger partial charge in [-0.25, -0.2) is 4.98 Å². The molecule has 2 aliphatic carbocycles. The summed E-state index contributed by atoms with van der Waals surface area (Å²) in [6.07, 6.45) is 13.5. The van der Waals surface area contributed by atoms with Crippen molar-refractivity contribution in [2.45, 2.75) is 96.9 Å². The maximum atomic E-state index is 13.6. The van der Waals surface area contributed by atoms with Crippen LogP contribution in [0.3, 0.4) is 0 Å². The molecule has 2 aromatic rings. The first kappa shape index (κ1) is 23.9. The second-order valence-electron chi connectivity index (χ2n) is 9.66. The summed E-state index contributed by atoms with van der Waals surface area (Å²) in [4.78, 5) is 42.4. The standard InChI is InChI=1S/C26H35N3O3S/c1-18(30)13-14-21-17-33-26(27-21)28-24(31)22-15-20-11-7-2-3-8-12-23(20)29(25(22)32)16-19-9-5-4-6-10-19/h15,17,19H,2-14,16H2,1H3,(H,27,28,31). The third-order valence-electron chi connectivity index (χ3n) is 7.02. The first-order valence-electron chi connectivity index (χ1n) is 12.5. The third-order valence-corrected chi connectivity index (χ3v) is 7.82. The molecule has 1 fully saturated rings. The third kappa shape index (κ3) is 6.19. The first-order chi connectivity index (χ1) is 16.0. The number of hydrogen-bond donors (Lipinski definition) is 1.